The summed E-state index contributed by atoms with van der Waals surface area (Å²) in [5, 5.41) is 3.55. The molecule has 0 heterocycles. The summed E-state index contributed by atoms with van der Waals surface area (Å²) in [5.74, 6) is 0.676. The van der Waals surface area contributed by atoms with E-state index in [0.29, 0.717) is 11.5 Å². The average molecular weight is 235 g/mol. The molecule has 1 aromatic rings. The zero-order chi connectivity index (χ0) is 12.5. The lowest BCUT2D eigenvalue weighted by Gasteiger charge is -2.14. The summed E-state index contributed by atoms with van der Waals surface area (Å²) in [4.78, 5) is 0. The Morgan fingerprint density at radius 2 is 2.18 bits per heavy atom. The Kier molecular flexibility index (Phi) is 3.53. The second-order valence-corrected chi connectivity index (χ2v) is 6.03. The number of nitrogens with one attached hydrogen (secondary N) is 1. The van der Waals surface area contributed by atoms with Crippen LogP contribution < -0.4 is 5.32 Å². The summed E-state index contributed by atoms with van der Waals surface area (Å²) >= 11 is 0. The van der Waals surface area contributed by atoms with Gasteiger partial charge in [0.25, 0.3) is 0 Å². The van der Waals surface area contributed by atoms with Gasteiger partial charge in [0, 0.05) is 6.04 Å². The molecule has 1 fully saturated rings. The molecule has 2 atom stereocenters. The highest BCUT2D eigenvalue weighted by Gasteiger charge is 2.44. The van der Waals surface area contributed by atoms with Gasteiger partial charge in [0.1, 0.15) is 5.82 Å². The van der Waals surface area contributed by atoms with Gasteiger partial charge in [-0.2, -0.15) is 0 Å². The van der Waals surface area contributed by atoms with Crippen LogP contribution in [0, 0.1) is 17.2 Å². The molecule has 0 aliphatic heterocycles. The molecule has 1 aliphatic carbocycles. The molecule has 1 saturated carbocycles. The van der Waals surface area contributed by atoms with Crippen molar-refractivity contribution in [3.8, 4) is 0 Å². The molecule has 1 nitrogen and oxygen atoms in total. The molecule has 0 aromatic heterocycles. The predicted octanol–water partition coefficient (Wildman–Crippen LogP) is 3.39. The molecule has 2 rings (SSSR count). The lowest BCUT2D eigenvalue weighted by molar-refractivity contribution is 0.474. The van der Waals surface area contributed by atoms with Crippen molar-refractivity contribution in [3.05, 3.63) is 35.6 Å². The molecule has 1 aromatic carbocycles. The van der Waals surface area contributed by atoms with Gasteiger partial charge in [-0.25, -0.2) is 4.39 Å². The predicted molar refractivity (Wildman–Crippen MR) is 69.5 cm³/mol. The minimum absolute atomic E-state index is 0.141. The zero-order valence-corrected chi connectivity index (χ0v) is 11.0. The number of benzene rings is 1. The van der Waals surface area contributed by atoms with E-state index in [1.165, 1.54) is 12.5 Å². The van der Waals surface area contributed by atoms with Crippen LogP contribution in [-0.2, 0) is 6.42 Å². The molecule has 0 saturated heterocycles. The third-order valence-electron chi connectivity index (χ3n) is 3.86. The third kappa shape index (κ3) is 3.53. The molecule has 17 heavy (non-hydrogen) atoms. The number of halogens is 1. The van der Waals surface area contributed by atoms with Gasteiger partial charge in [-0.05, 0) is 55.3 Å². The summed E-state index contributed by atoms with van der Waals surface area (Å²) < 4.78 is 13.0. The molecule has 0 amide bonds. The van der Waals surface area contributed by atoms with Gasteiger partial charge in [0.2, 0.25) is 0 Å². The molecule has 1 N–H and O–H groups in total. The quantitative estimate of drug-likeness (QED) is 0.825. The van der Waals surface area contributed by atoms with E-state index in [-0.39, 0.29) is 5.82 Å². The highest BCUT2D eigenvalue weighted by molar-refractivity contribution is 5.17. The van der Waals surface area contributed by atoms with E-state index >= 15 is 0 Å². The van der Waals surface area contributed by atoms with E-state index in [9.17, 15) is 4.39 Å². The largest absolute Gasteiger partial charge is 0.314 e. The highest BCUT2D eigenvalue weighted by Crippen LogP contribution is 2.51. The molecule has 94 valence electrons. The molecule has 1 aliphatic rings. The van der Waals surface area contributed by atoms with Crippen LogP contribution in [0.4, 0.5) is 4.39 Å². The van der Waals surface area contributed by atoms with Crippen molar-refractivity contribution in [2.75, 3.05) is 6.54 Å². The van der Waals surface area contributed by atoms with Crippen molar-refractivity contribution < 1.29 is 4.39 Å². The van der Waals surface area contributed by atoms with Crippen LogP contribution in [-0.4, -0.2) is 12.6 Å². The topological polar surface area (TPSA) is 12.0 Å². The Bertz CT molecular complexity index is 386. The second-order valence-electron chi connectivity index (χ2n) is 6.03. The standard InChI is InChI=1S/C15H22FN/c1-11(17-10-13-9-15(13,2)3)7-12-5-4-6-14(16)8-12/h4-6,8,11,13,17H,7,9-10H2,1-3H3. The molecule has 2 unspecified atom stereocenters. The lowest BCUT2D eigenvalue weighted by Crippen LogP contribution is -2.30. The number of hydrogen-bond acceptors (Lipinski definition) is 1. The maximum atomic E-state index is 13.0. The summed E-state index contributed by atoms with van der Waals surface area (Å²) in [6.45, 7) is 7.89. The van der Waals surface area contributed by atoms with E-state index < -0.39 is 0 Å². The van der Waals surface area contributed by atoms with Crippen LogP contribution in [0.25, 0.3) is 0 Å². The van der Waals surface area contributed by atoms with E-state index in [2.05, 4.69) is 26.1 Å². The van der Waals surface area contributed by atoms with Crippen LogP contribution in [0.1, 0.15) is 32.8 Å². The van der Waals surface area contributed by atoms with Crippen LogP contribution in [0.3, 0.4) is 0 Å². The number of rotatable bonds is 5. The van der Waals surface area contributed by atoms with Gasteiger partial charge < -0.3 is 5.32 Å². The van der Waals surface area contributed by atoms with E-state index in [1.54, 1.807) is 12.1 Å². The van der Waals surface area contributed by atoms with Crippen LogP contribution in [0.5, 0.6) is 0 Å². The SMILES string of the molecule is CC(Cc1cccc(F)c1)NCC1CC1(C)C. The normalized spacial score (nSPS) is 23.4. The van der Waals surface area contributed by atoms with Crippen molar-refractivity contribution in [1.82, 2.24) is 5.32 Å². The smallest absolute Gasteiger partial charge is 0.123 e. The summed E-state index contributed by atoms with van der Waals surface area (Å²) in [5.41, 5.74) is 1.60. The molecule has 0 spiro atoms. The zero-order valence-electron chi connectivity index (χ0n) is 11.0. The molecular weight excluding hydrogens is 213 g/mol. The second kappa shape index (κ2) is 4.77. The third-order valence-corrected chi connectivity index (χ3v) is 3.86. The Morgan fingerprint density at radius 1 is 1.47 bits per heavy atom. The first-order valence-corrected chi connectivity index (χ1v) is 6.45. The van der Waals surface area contributed by atoms with Crippen LogP contribution in [0.2, 0.25) is 0 Å². The molecule has 2 heteroatoms. The number of hydrogen-bond donors (Lipinski definition) is 1. The van der Waals surface area contributed by atoms with Gasteiger partial charge >= 0.3 is 0 Å². The van der Waals surface area contributed by atoms with E-state index in [4.69, 9.17) is 0 Å². The van der Waals surface area contributed by atoms with Gasteiger partial charge in [-0.1, -0.05) is 26.0 Å². The minimum atomic E-state index is -0.141. The first-order chi connectivity index (χ1) is 7.97. The summed E-state index contributed by atoms with van der Waals surface area (Å²) in [7, 11) is 0. The van der Waals surface area contributed by atoms with E-state index in [1.807, 2.05) is 6.07 Å². The Hall–Kier alpha value is -0.890. The first-order valence-electron chi connectivity index (χ1n) is 6.45. The molecule has 0 radical (unpaired) electrons. The van der Waals surface area contributed by atoms with Crippen LogP contribution >= 0.6 is 0 Å². The highest BCUT2D eigenvalue weighted by atomic mass is 19.1. The molecular formula is C15H22FN. The monoisotopic (exact) mass is 235 g/mol. The fraction of sp³-hybridized carbons (Fsp3) is 0.600. The van der Waals surface area contributed by atoms with Gasteiger partial charge in [-0.15, -0.1) is 0 Å². The average Bonchev–Trinajstić information content (AvgIpc) is 2.84. The molecule has 0 bridgehead atoms. The van der Waals surface area contributed by atoms with Crippen molar-refractivity contribution >= 4 is 0 Å². The Balaban J connectivity index is 1.76. The fourth-order valence-electron chi connectivity index (χ4n) is 2.36. The van der Waals surface area contributed by atoms with Gasteiger partial charge in [0.05, 0.1) is 0 Å². The first kappa shape index (κ1) is 12.6. The van der Waals surface area contributed by atoms with Crippen molar-refractivity contribution in [1.29, 1.82) is 0 Å². The summed E-state index contributed by atoms with van der Waals surface area (Å²) in [6.07, 6.45) is 2.22. The van der Waals surface area contributed by atoms with Crippen molar-refractivity contribution in [2.24, 2.45) is 11.3 Å². The Morgan fingerprint density at radius 3 is 2.76 bits per heavy atom. The van der Waals surface area contributed by atoms with Crippen molar-refractivity contribution in [2.45, 2.75) is 39.7 Å². The van der Waals surface area contributed by atoms with Gasteiger partial charge in [-0.3, -0.25) is 0 Å². The Labute approximate surface area is 103 Å². The maximum absolute atomic E-state index is 13.0. The van der Waals surface area contributed by atoms with Crippen molar-refractivity contribution in [3.63, 3.8) is 0 Å². The maximum Gasteiger partial charge on any atom is 0.123 e. The van der Waals surface area contributed by atoms with E-state index in [0.717, 1.165) is 24.4 Å². The van der Waals surface area contributed by atoms with Gasteiger partial charge in [0.15, 0.2) is 0 Å². The summed E-state index contributed by atoms with van der Waals surface area (Å²) in [6, 6.07) is 7.30. The fourth-order valence-corrected chi connectivity index (χ4v) is 2.36. The van der Waals surface area contributed by atoms with Crippen LogP contribution in [0.15, 0.2) is 24.3 Å². The lowest BCUT2D eigenvalue weighted by atomic mass is 10.1. The minimum Gasteiger partial charge on any atom is -0.314 e.